The van der Waals surface area contributed by atoms with E-state index in [1.807, 2.05) is 42.5 Å². The van der Waals surface area contributed by atoms with Crippen LogP contribution < -0.4 is 4.74 Å². The van der Waals surface area contributed by atoms with E-state index in [1.54, 1.807) is 12.1 Å². The molecule has 0 amide bonds. The summed E-state index contributed by atoms with van der Waals surface area (Å²) in [7, 11) is 0. The maximum Gasteiger partial charge on any atom is 0.306 e. The molecular weight excluding hydrogens is 454 g/mol. The summed E-state index contributed by atoms with van der Waals surface area (Å²) in [6.45, 7) is 1.08. The minimum Gasteiger partial charge on any atom is -0.488 e. The smallest absolute Gasteiger partial charge is 0.306 e. The summed E-state index contributed by atoms with van der Waals surface area (Å²) in [5, 5.41) is 9.57. The molecule has 2 aromatic carbocycles. The Labute approximate surface area is 194 Å². The fourth-order valence-electron chi connectivity index (χ4n) is 4.02. The van der Waals surface area contributed by atoms with Crippen LogP contribution in [0.15, 0.2) is 54.6 Å². The van der Waals surface area contributed by atoms with Crippen LogP contribution in [0.3, 0.4) is 0 Å². The van der Waals surface area contributed by atoms with Crippen LogP contribution in [-0.2, 0) is 23.7 Å². The van der Waals surface area contributed by atoms with Gasteiger partial charge in [0.15, 0.2) is 0 Å². The van der Waals surface area contributed by atoms with Crippen LogP contribution >= 0.6 is 22.9 Å². The van der Waals surface area contributed by atoms with Gasteiger partial charge >= 0.3 is 5.97 Å². The molecule has 3 nitrogen and oxygen atoms in total. The highest BCUT2D eigenvalue weighted by molar-refractivity contribution is 7.12. The van der Waals surface area contributed by atoms with Crippen LogP contribution in [0, 0.1) is 11.8 Å². The van der Waals surface area contributed by atoms with Crippen LogP contribution in [0.5, 0.6) is 5.75 Å². The topological polar surface area (TPSA) is 46.5 Å². The lowest BCUT2D eigenvalue weighted by atomic mass is 9.72. The summed E-state index contributed by atoms with van der Waals surface area (Å²) >= 11 is 7.46. The molecule has 1 aliphatic carbocycles. The zero-order valence-corrected chi connectivity index (χ0v) is 19.1. The molecule has 3 aromatic rings. The zero-order chi connectivity index (χ0) is 22.9. The Morgan fingerprint density at radius 3 is 2.53 bits per heavy atom. The fraction of sp³-hybridized carbons (Fsp3) is 0.320. The van der Waals surface area contributed by atoms with Gasteiger partial charge in [-0.25, -0.2) is 8.78 Å². The van der Waals surface area contributed by atoms with Crippen molar-refractivity contribution in [3.05, 3.63) is 74.9 Å². The number of halogens is 3. The number of thiophene rings is 1. The lowest BCUT2D eigenvalue weighted by Crippen LogP contribution is -2.31. The summed E-state index contributed by atoms with van der Waals surface area (Å²) in [5.74, 6) is -3.02. The minimum atomic E-state index is -2.94. The molecule has 1 aromatic heterocycles. The molecule has 1 heterocycles. The van der Waals surface area contributed by atoms with Gasteiger partial charge in [0.05, 0.1) is 10.8 Å². The first-order valence-corrected chi connectivity index (χ1v) is 11.6. The van der Waals surface area contributed by atoms with Gasteiger partial charge in [0.1, 0.15) is 12.4 Å². The van der Waals surface area contributed by atoms with E-state index in [-0.39, 0.29) is 17.4 Å². The monoisotopic (exact) mass is 476 g/mol. The van der Waals surface area contributed by atoms with E-state index in [4.69, 9.17) is 21.4 Å². The van der Waals surface area contributed by atoms with Crippen molar-refractivity contribution < 1.29 is 23.4 Å². The first kappa shape index (κ1) is 22.7. The van der Waals surface area contributed by atoms with Crippen molar-refractivity contribution in [1.29, 1.82) is 0 Å². The van der Waals surface area contributed by atoms with Crippen LogP contribution in [0.25, 0.3) is 11.1 Å². The molecule has 168 valence electrons. The van der Waals surface area contributed by atoms with E-state index in [1.165, 1.54) is 0 Å². The van der Waals surface area contributed by atoms with Gasteiger partial charge in [0.25, 0.3) is 5.92 Å². The van der Waals surface area contributed by atoms with Crippen LogP contribution in [0.1, 0.15) is 35.1 Å². The molecule has 7 heteroatoms. The molecule has 32 heavy (non-hydrogen) atoms. The maximum atomic E-state index is 14.2. The fourth-order valence-corrected chi connectivity index (χ4v) is 5.29. The van der Waals surface area contributed by atoms with E-state index in [2.05, 4.69) is 0 Å². The number of alkyl halides is 2. The molecule has 0 aliphatic heterocycles. The van der Waals surface area contributed by atoms with E-state index >= 15 is 0 Å². The van der Waals surface area contributed by atoms with Crippen molar-refractivity contribution in [1.82, 2.24) is 0 Å². The highest BCUT2D eigenvalue weighted by Gasteiger charge is 2.34. The Morgan fingerprint density at radius 2 is 1.91 bits per heavy atom. The van der Waals surface area contributed by atoms with Crippen molar-refractivity contribution in [2.24, 2.45) is 11.8 Å². The van der Waals surface area contributed by atoms with Crippen LogP contribution in [-0.4, -0.2) is 11.1 Å². The molecule has 1 N–H and O–H groups in total. The average Bonchev–Trinajstić information content (AvgIpc) is 3.15. The normalized spacial score (nSPS) is 18.2. The number of carboxylic acid groups (broad SMARTS) is 1. The predicted octanol–water partition coefficient (Wildman–Crippen LogP) is 7.41. The molecule has 0 saturated heterocycles. The lowest BCUT2D eigenvalue weighted by molar-refractivity contribution is -0.146. The second-order valence-corrected chi connectivity index (χ2v) is 9.87. The van der Waals surface area contributed by atoms with Gasteiger partial charge in [-0.05, 0) is 54.5 Å². The van der Waals surface area contributed by atoms with Gasteiger partial charge in [0.2, 0.25) is 0 Å². The molecule has 4 rings (SSSR count). The molecule has 0 radical (unpaired) electrons. The van der Waals surface area contributed by atoms with E-state index in [9.17, 15) is 13.6 Å². The Bertz CT molecular complexity index is 1100. The molecule has 0 atom stereocenters. The van der Waals surface area contributed by atoms with Gasteiger partial charge in [0, 0.05) is 22.4 Å². The summed E-state index contributed by atoms with van der Waals surface area (Å²) in [6, 6.07) is 16.3. The Morgan fingerprint density at radius 1 is 1.19 bits per heavy atom. The van der Waals surface area contributed by atoms with E-state index in [0.717, 1.165) is 35.8 Å². The Hall–Kier alpha value is -2.44. The number of rotatable bonds is 8. The van der Waals surface area contributed by atoms with Gasteiger partial charge in [-0.3, -0.25) is 4.79 Å². The predicted molar refractivity (Wildman–Crippen MR) is 123 cm³/mol. The second kappa shape index (κ2) is 9.20. The third kappa shape index (κ3) is 5.13. The maximum absolute atomic E-state index is 14.2. The number of aliphatic carboxylic acids is 1. The average molecular weight is 477 g/mol. The third-order valence-electron chi connectivity index (χ3n) is 5.77. The van der Waals surface area contributed by atoms with Gasteiger partial charge in [-0.15, -0.1) is 11.3 Å². The molecule has 1 fully saturated rings. The summed E-state index contributed by atoms with van der Waals surface area (Å²) in [4.78, 5) is 11.7. The molecule has 0 spiro atoms. The molecule has 0 unspecified atom stereocenters. The van der Waals surface area contributed by atoms with E-state index in [0.29, 0.717) is 40.0 Å². The van der Waals surface area contributed by atoms with E-state index < -0.39 is 11.9 Å². The lowest BCUT2D eigenvalue weighted by Gasteiger charge is -2.32. The SMILES string of the molecule is CC(F)(F)c1sc(COc2ccc(CC3CC(C(=O)O)C3)c(Cl)c2)cc1-c1ccccc1. The minimum absolute atomic E-state index is 0.0239. The summed E-state index contributed by atoms with van der Waals surface area (Å²) in [6.07, 6.45) is 2.09. The van der Waals surface area contributed by atoms with Gasteiger partial charge < -0.3 is 9.84 Å². The van der Waals surface area contributed by atoms with Crippen molar-refractivity contribution in [2.75, 3.05) is 0 Å². The van der Waals surface area contributed by atoms with Gasteiger partial charge in [-0.1, -0.05) is 48.0 Å². The standard InChI is InChI=1S/C25H23ClF2O3S/c1-25(27,28)23-21(16-5-3-2-4-6-16)13-20(32-23)14-31-19-8-7-17(22(26)12-19)9-15-10-18(11-15)24(29)30/h2-8,12-13,15,18H,9-11,14H2,1H3,(H,29,30). The number of benzene rings is 2. The first-order chi connectivity index (χ1) is 15.2. The van der Waals surface area contributed by atoms with Gasteiger partial charge in [-0.2, -0.15) is 0 Å². The Kier molecular flexibility index (Phi) is 6.54. The number of hydrogen-bond donors (Lipinski definition) is 1. The Balaban J connectivity index is 1.43. The molecule has 1 saturated carbocycles. The van der Waals surface area contributed by atoms with Crippen molar-refractivity contribution in [2.45, 2.75) is 38.7 Å². The summed E-state index contributed by atoms with van der Waals surface area (Å²) < 4.78 is 34.2. The molecule has 1 aliphatic rings. The molecule has 0 bridgehead atoms. The highest BCUT2D eigenvalue weighted by Crippen LogP contribution is 2.42. The molecular formula is C25H23ClF2O3S. The van der Waals surface area contributed by atoms with Crippen LogP contribution in [0.4, 0.5) is 8.78 Å². The first-order valence-electron chi connectivity index (χ1n) is 10.4. The number of ether oxygens (including phenoxy) is 1. The number of carbonyl (C=O) groups is 1. The zero-order valence-electron chi connectivity index (χ0n) is 17.5. The largest absolute Gasteiger partial charge is 0.488 e. The summed E-state index contributed by atoms with van der Waals surface area (Å²) in [5.41, 5.74) is 2.23. The van der Waals surface area contributed by atoms with Crippen molar-refractivity contribution in [3.8, 4) is 16.9 Å². The second-order valence-electron chi connectivity index (χ2n) is 8.33. The highest BCUT2D eigenvalue weighted by atomic mass is 35.5. The number of hydrogen-bond acceptors (Lipinski definition) is 3. The quantitative estimate of drug-likeness (QED) is 0.368. The van der Waals surface area contributed by atoms with Crippen molar-refractivity contribution in [3.63, 3.8) is 0 Å². The number of carboxylic acids is 1. The van der Waals surface area contributed by atoms with Crippen LogP contribution in [0.2, 0.25) is 5.02 Å². The van der Waals surface area contributed by atoms with Crippen molar-refractivity contribution >= 4 is 28.9 Å². The third-order valence-corrected chi connectivity index (χ3v) is 7.40.